The molecule has 0 amide bonds. The molecule has 27 heavy (non-hydrogen) atoms. The molecular formula is C16H14N4NiO6. The minimum absolute atomic E-state index is 0. The zero-order chi connectivity index (χ0) is 19.1. The minimum atomic E-state index is -0.590. The molecule has 0 saturated carbocycles. The third-order valence-corrected chi connectivity index (χ3v) is 3.34. The van der Waals surface area contributed by atoms with Crippen LogP contribution in [0.15, 0.2) is 71.4 Å². The van der Waals surface area contributed by atoms with Gasteiger partial charge < -0.3 is 10.6 Å². The standard InChI is InChI=1S/C16H14N4O6.Ni/c21-15-3-1-13(19(23)24)7-11(15)9-17-5-6-18-10-12-8-14(20(25)26)2-4-16(12)22;/h1-4,7-10,17-18H,5-6H2;. The number of ketones is 2. The normalized spacial score (nSPS) is 18.7. The number of nitro groups is 2. The molecule has 2 aliphatic rings. The van der Waals surface area contributed by atoms with Crippen molar-refractivity contribution >= 4 is 11.6 Å². The number of rotatable bonds is 7. The van der Waals surface area contributed by atoms with Gasteiger partial charge in [-0.2, -0.15) is 0 Å². The summed E-state index contributed by atoms with van der Waals surface area (Å²) >= 11 is 0. The van der Waals surface area contributed by atoms with Gasteiger partial charge in [-0.3, -0.25) is 29.8 Å². The van der Waals surface area contributed by atoms with E-state index in [2.05, 4.69) is 10.6 Å². The zero-order valence-electron chi connectivity index (χ0n) is 13.7. The summed E-state index contributed by atoms with van der Waals surface area (Å²) in [6, 6.07) is 0. The fourth-order valence-electron chi connectivity index (χ4n) is 2.03. The quantitative estimate of drug-likeness (QED) is 0.201. The summed E-state index contributed by atoms with van der Waals surface area (Å²) in [5, 5.41) is 27.0. The third-order valence-electron chi connectivity index (χ3n) is 3.34. The van der Waals surface area contributed by atoms with Gasteiger partial charge in [-0.25, -0.2) is 0 Å². The molecule has 0 atom stereocenters. The van der Waals surface area contributed by atoms with E-state index in [4.69, 9.17) is 0 Å². The first-order chi connectivity index (χ1) is 12.4. The topological polar surface area (TPSA) is 144 Å². The molecule has 0 aromatic rings. The van der Waals surface area contributed by atoms with Crippen LogP contribution in [0.4, 0.5) is 0 Å². The number of hydrogen-bond donors (Lipinski definition) is 2. The number of nitrogens with one attached hydrogen (secondary N) is 2. The van der Waals surface area contributed by atoms with Crippen LogP contribution in [0.3, 0.4) is 0 Å². The van der Waals surface area contributed by atoms with Crippen LogP contribution in [0.25, 0.3) is 0 Å². The van der Waals surface area contributed by atoms with E-state index in [0.717, 1.165) is 24.3 Å². The summed E-state index contributed by atoms with van der Waals surface area (Å²) in [6.45, 7) is 0.698. The molecule has 0 spiro atoms. The van der Waals surface area contributed by atoms with Gasteiger partial charge in [-0.15, -0.1) is 0 Å². The summed E-state index contributed by atoms with van der Waals surface area (Å²) in [5.74, 6) is -0.703. The van der Waals surface area contributed by atoms with E-state index < -0.39 is 9.85 Å². The Morgan fingerprint density at radius 3 is 1.48 bits per heavy atom. The first-order valence-corrected chi connectivity index (χ1v) is 7.42. The molecule has 0 aliphatic heterocycles. The van der Waals surface area contributed by atoms with Crippen molar-refractivity contribution in [2.45, 2.75) is 0 Å². The van der Waals surface area contributed by atoms with E-state index in [1.807, 2.05) is 0 Å². The Morgan fingerprint density at radius 2 is 1.15 bits per heavy atom. The van der Waals surface area contributed by atoms with Crippen LogP contribution in [-0.4, -0.2) is 34.5 Å². The Hall–Kier alpha value is -3.33. The number of allylic oxidation sites excluding steroid dienone is 8. The predicted octanol–water partition coefficient (Wildman–Crippen LogP) is 0.530. The van der Waals surface area contributed by atoms with Crippen molar-refractivity contribution in [2.24, 2.45) is 0 Å². The molecule has 0 heterocycles. The van der Waals surface area contributed by atoms with Crippen LogP contribution < -0.4 is 10.6 Å². The molecule has 0 radical (unpaired) electrons. The maximum absolute atomic E-state index is 11.6. The zero-order valence-corrected chi connectivity index (χ0v) is 14.7. The van der Waals surface area contributed by atoms with E-state index in [1.165, 1.54) is 24.6 Å². The fraction of sp³-hybridized carbons (Fsp3) is 0.125. The molecule has 0 bridgehead atoms. The molecule has 0 fully saturated rings. The van der Waals surface area contributed by atoms with Crippen molar-refractivity contribution in [3.05, 3.63) is 91.6 Å². The molecule has 10 nitrogen and oxygen atoms in total. The average Bonchev–Trinajstić information content (AvgIpc) is 2.60. The van der Waals surface area contributed by atoms with E-state index in [-0.39, 0.29) is 50.6 Å². The molecule has 0 aromatic heterocycles. The minimum Gasteiger partial charge on any atom is -0.389 e. The van der Waals surface area contributed by atoms with E-state index >= 15 is 0 Å². The summed E-state index contributed by atoms with van der Waals surface area (Å²) in [5.41, 5.74) is -0.0528. The van der Waals surface area contributed by atoms with Gasteiger partial charge in [0.1, 0.15) is 0 Å². The summed E-state index contributed by atoms with van der Waals surface area (Å²) in [7, 11) is 0. The Kier molecular flexibility index (Phi) is 8.02. The van der Waals surface area contributed by atoms with E-state index in [9.17, 15) is 29.8 Å². The number of carbonyl (C=O) groups excluding carboxylic acids is 2. The Balaban J connectivity index is 0.00000364. The van der Waals surface area contributed by atoms with Gasteiger partial charge >= 0.3 is 0 Å². The van der Waals surface area contributed by atoms with Crippen molar-refractivity contribution in [1.82, 2.24) is 10.6 Å². The molecule has 0 aromatic carbocycles. The maximum Gasteiger partial charge on any atom is 0.270 e. The van der Waals surface area contributed by atoms with Crippen molar-refractivity contribution < 1.29 is 35.9 Å². The molecule has 0 saturated heterocycles. The average molecular weight is 417 g/mol. The number of nitrogens with zero attached hydrogens (tertiary/aromatic N) is 2. The van der Waals surface area contributed by atoms with Crippen LogP contribution in [0.1, 0.15) is 0 Å². The fourth-order valence-corrected chi connectivity index (χ4v) is 2.03. The van der Waals surface area contributed by atoms with Gasteiger partial charge in [0.15, 0.2) is 11.6 Å². The second-order valence-corrected chi connectivity index (χ2v) is 5.16. The monoisotopic (exact) mass is 416 g/mol. The first kappa shape index (κ1) is 21.7. The van der Waals surface area contributed by atoms with E-state index in [1.54, 1.807) is 0 Å². The second-order valence-electron chi connectivity index (χ2n) is 5.16. The third kappa shape index (κ3) is 6.16. The maximum atomic E-state index is 11.6. The van der Waals surface area contributed by atoms with Gasteiger partial charge in [0, 0.05) is 77.4 Å². The van der Waals surface area contributed by atoms with Crippen LogP contribution in [0, 0.1) is 20.2 Å². The van der Waals surface area contributed by atoms with Gasteiger partial charge in [0.25, 0.3) is 11.4 Å². The van der Waals surface area contributed by atoms with Gasteiger partial charge in [-0.1, -0.05) is 0 Å². The molecule has 11 heteroatoms. The van der Waals surface area contributed by atoms with Crippen molar-refractivity contribution in [2.75, 3.05) is 13.1 Å². The number of carbonyl (C=O) groups is 2. The van der Waals surface area contributed by atoms with Gasteiger partial charge in [0.2, 0.25) is 0 Å². The predicted molar refractivity (Wildman–Crippen MR) is 90.6 cm³/mol. The molecule has 2 rings (SSSR count). The Labute approximate surface area is 163 Å². The molecular weight excluding hydrogens is 403 g/mol. The molecule has 0 unspecified atom stereocenters. The van der Waals surface area contributed by atoms with Crippen LogP contribution in [0.5, 0.6) is 0 Å². The summed E-state index contributed by atoms with van der Waals surface area (Å²) in [4.78, 5) is 43.4. The van der Waals surface area contributed by atoms with Crippen molar-refractivity contribution in [1.29, 1.82) is 0 Å². The second kappa shape index (κ2) is 9.98. The largest absolute Gasteiger partial charge is 0.389 e. The van der Waals surface area contributed by atoms with Gasteiger partial charge in [0.05, 0.1) is 9.85 Å². The summed E-state index contributed by atoms with van der Waals surface area (Å²) in [6.07, 6.45) is 9.58. The SMILES string of the molecule is O=C1C=CC([N+](=O)[O-])=CC1=CNCCNC=C1C=C([N+](=O)[O-])C=CC1=O.[Ni]. The molecule has 2 N–H and O–H groups in total. The van der Waals surface area contributed by atoms with Crippen LogP contribution in [0.2, 0.25) is 0 Å². The van der Waals surface area contributed by atoms with Crippen molar-refractivity contribution in [3.63, 3.8) is 0 Å². The molecule has 2 aliphatic carbocycles. The Morgan fingerprint density at radius 1 is 0.778 bits per heavy atom. The smallest absolute Gasteiger partial charge is 0.270 e. The van der Waals surface area contributed by atoms with Crippen LogP contribution in [-0.2, 0) is 26.1 Å². The summed E-state index contributed by atoms with van der Waals surface area (Å²) < 4.78 is 0. The first-order valence-electron chi connectivity index (χ1n) is 7.42. The molecule has 144 valence electrons. The Bertz CT molecular complexity index is 781. The number of hydrogen-bond acceptors (Lipinski definition) is 8. The van der Waals surface area contributed by atoms with E-state index in [0.29, 0.717) is 13.1 Å². The van der Waals surface area contributed by atoms with Crippen LogP contribution >= 0.6 is 0 Å². The van der Waals surface area contributed by atoms with Gasteiger partial charge in [-0.05, 0) is 12.2 Å². The van der Waals surface area contributed by atoms with Crippen molar-refractivity contribution in [3.8, 4) is 0 Å².